The number of phosphoric ester groups is 1. The minimum absolute atomic E-state index is 0.0125. The summed E-state index contributed by atoms with van der Waals surface area (Å²) in [5, 5.41) is 13.9. The molecule has 9 heteroatoms. The lowest BCUT2D eigenvalue weighted by atomic mass is 10.0. The van der Waals surface area contributed by atoms with Gasteiger partial charge in [0.15, 0.2) is 0 Å². The number of quaternary nitrogens is 1. The number of phosphoric acid groups is 1. The zero-order valence-electron chi connectivity index (χ0n) is 56.3. The van der Waals surface area contributed by atoms with Gasteiger partial charge in [-0.1, -0.05) is 329 Å². The van der Waals surface area contributed by atoms with Gasteiger partial charge >= 0.3 is 0 Å². The first-order valence-corrected chi connectivity index (χ1v) is 37.2. The van der Waals surface area contributed by atoms with Crippen LogP contribution in [0.15, 0.2) is 109 Å². The molecule has 3 atom stereocenters. The van der Waals surface area contributed by atoms with E-state index >= 15 is 0 Å². The number of nitrogens with one attached hydrogen (secondary N) is 1. The Balaban J connectivity index is 4.14. The summed E-state index contributed by atoms with van der Waals surface area (Å²) in [6.07, 6.45) is 96.5. The van der Waals surface area contributed by atoms with Crippen molar-refractivity contribution in [2.45, 2.75) is 328 Å². The summed E-state index contributed by atoms with van der Waals surface area (Å²) in [6.45, 7) is 4.53. The van der Waals surface area contributed by atoms with Crippen LogP contribution in [0.1, 0.15) is 316 Å². The number of amides is 1. The summed E-state index contributed by atoms with van der Waals surface area (Å²) < 4.78 is 23.4. The maximum absolute atomic E-state index is 13.0. The fourth-order valence-electron chi connectivity index (χ4n) is 10.2. The first kappa shape index (κ1) is 82.2. The first-order valence-electron chi connectivity index (χ1n) is 35.7. The summed E-state index contributed by atoms with van der Waals surface area (Å²) in [7, 11) is 1.23. The van der Waals surface area contributed by atoms with Crippen molar-refractivity contribution < 1.29 is 32.9 Å². The van der Waals surface area contributed by atoms with E-state index in [0.717, 1.165) is 96.3 Å². The minimum Gasteiger partial charge on any atom is -0.756 e. The molecule has 3 unspecified atom stereocenters. The number of unbranched alkanes of at least 4 members (excludes halogenated alkanes) is 36. The lowest BCUT2D eigenvalue weighted by Gasteiger charge is -2.29. The first-order chi connectivity index (χ1) is 41.5. The van der Waals surface area contributed by atoms with E-state index in [1.165, 1.54) is 199 Å². The second-order valence-corrected chi connectivity index (χ2v) is 26.6. The molecule has 8 nitrogen and oxygen atoms in total. The molecular weight excluding hydrogens is 1070 g/mol. The fourth-order valence-corrected chi connectivity index (χ4v) is 10.9. The van der Waals surface area contributed by atoms with Gasteiger partial charge in [0.2, 0.25) is 5.91 Å². The predicted molar refractivity (Wildman–Crippen MR) is 371 cm³/mol. The highest BCUT2D eigenvalue weighted by Gasteiger charge is 2.23. The largest absolute Gasteiger partial charge is 0.756 e. The van der Waals surface area contributed by atoms with E-state index in [4.69, 9.17) is 9.05 Å². The van der Waals surface area contributed by atoms with Crippen LogP contribution in [0.5, 0.6) is 0 Å². The Bertz CT molecular complexity index is 1760. The summed E-state index contributed by atoms with van der Waals surface area (Å²) in [5.74, 6) is -0.215. The van der Waals surface area contributed by atoms with Gasteiger partial charge in [0.25, 0.3) is 7.82 Å². The minimum atomic E-state index is -4.62. The molecule has 0 bridgehead atoms. The van der Waals surface area contributed by atoms with Crippen LogP contribution in [0, 0.1) is 0 Å². The van der Waals surface area contributed by atoms with E-state index in [9.17, 15) is 19.4 Å². The van der Waals surface area contributed by atoms with E-state index in [0.29, 0.717) is 17.4 Å². The van der Waals surface area contributed by atoms with Gasteiger partial charge < -0.3 is 28.8 Å². The molecular formula is C76H137N2O6P. The van der Waals surface area contributed by atoms with Gasteiger partial charge in [0.1, 0.15) is 13.2 Å². The Hall–Kier alpha value is -2.84. The third kappa shape index (κ3) is 68.5. The highest BCUT2D eigenvalue weighted by atomic mass is 31.2. The number of aliphatic hydroxyl groups excluding tert-OH is 1. The van der Waals surface area contributed by atoms with Crippen LogP contribution < -0.4 is 10.2 Å². The standard InChI is InChI=1S/C76H137N2O6P/c1-6-8-10-12-14-16-18-20-22-24-26-28-30-32-34-36-38-40-41-43-45-47-49-51-53-55-57-59-61-63-65-67-69-75(79)74(73-84-85(81,82)83-72-71-78(3,4)5)77-76(80)70-68-66-64-62-60-58-56-54-52-50-48-46-44-42-39-37-35-33-31-29-27-25-23-21-19-17-15-13-11-9-7-2/h9,11,15,17,21,23,27,29,33,35,39,42,46,48,59,61,67,69,74-75,79H,6-8,10,12-14,16,18-20,22,24-26,28,30-32,34,36-38,40-41,43-45,47,49-58,60,62-66,68,70-73H2,1-5H3,(H-,77,80,81,82)/b11-9-,17-15-,23-21-,29-27-,35-33-,42-39-,48-46-,61-59+,69-67+. The average molecular weight is 1210 g/mol. The molecule has 0 saturated heterocycles. The molecule has 0 radical (unpaired) electrons. The van der Waals surface area contributed by atoms with Crippen LogP contribution in [-0.4, -0.2) is 68.5 Å². The van der Waals surface area contributed by atoms with E-state index in [1.54, 1.807) is 6.08 Å². The molecule has 0 fully saturated rings. The maximum atomic E-state index is 13.0. The molecule has 2 N–H and O–H groups in total. The molecule has 0 aliphatic carbocycles. The van der Waals surface area contributed by atoms with Gasteiger partial charge in [0, 0.05) is 6.42 Å². The Morgan fingerprint density at radius 1 is 0.424 bits per heavy atom. The van der Waals surface area contributed by atoms with Crippen LogP contribution in [0.25, 0.3) is 0 Å². The average Bonchev–Trinajstić information content (AvgIpc) is 3.49. The number of aliphatic hydroxyl groups is 1. The lowest BCUT2D eigenvalue weighted by Crippen LogP contribution is -2.45. The number of carbonyl (C=O) groups excluding carboxylic acids is 1. The Labute approximate surface area is 527 Å². The zero-order chi connectivity index (χ0) is 61.9. The topological polar surface area (TPSA) is 108 Å². The fraction of sp³-hybridized carbons (Fsp3) is 0.750. The van der Waals surface area contributed by atoms with Crippen molar-refractivity contribution >= 4 is 13.7 Å². The van der Waals surface area contributed by atoms with Crippen molar-refractivity contribution in [3.05, 3.63) is 109 Å². The Morgan fingerprint density at radius 3 is 1.09 bits per heavy atom. The van der Waals surface area contributed by atoms with Gasteiger partial charge in [-0.25, -0.2) is 0 Å². The lowest BCUT2D eigenvalue weighted by molar-refractivity contribution is -0.870. The molecule has 85 heavy (non-hydrogen) atoms. The molecule has 0 aliphatic heterocycles. The van der Waals surface area contributed by atoms with Crippen LogP contribution in [0.2, 0.25) is 0 Å². The Morgan fingerprint density at radius 2 is 0.729 bits per heavy atom. The van der Waals surface area contributed by atoms with Crippen LogP contribution in [0.4, 0.5) is 0 Å². The third-order valence-electron chi connectivity index (χ3n) is 15.7. The smallest absolute Gasteiger partial charge is 0.268 e. The van der Waals surface area contributed by atoms with Crippen LogP contribution in [-0.2, 0) is 18.4 Å². The molecule has 0 rings (SSSR count). The van der Waals surface area contributed by atoms with Crippen molar-refractivity contribution in [1.82, 2.24) is 5.32 Å². The predicted octanol–water partition coefficient (Wildman–Crippen LogP) is 22.4. The second-order valence-electron chi connectivity index (χ2n) is 25.2. The molecule has 0 spiro atoms. The van der Waals surface area contributed by atoms with E-state index in [-0.39, 0.29) is 12.5 Å². The number of allylic oxidation sites excluding steroid dienone is 17. The highest BCUT2D eigenvalue weighted by Crippen LogP contribution is 2.38. The number of hydrogen-bond donors (Lipinski definition) is 2. The van der Waals surface area contributed by atoms with Crippen LogP contribution >= 0.6 is 7.82 Å². The summed E-state index contributed by atoms with van der Waals surface area (Å²) in [5.41, 5.74) is 0. The quantitative estimate of drug-likeness (QED) is 0.0272. The zero-order valence-corrected chi connectivity index (χ0v) is 57.2. The maximum Gasteiger partial charge on any atom is 0.268 e. The van der Waals surface area contributed by atoms with Gasteiger partial charge in [-0.3, -0.25) is 9.36 Å². The second kappa shape index (κ2) is 65.6. The van der Waals surface area contributed by atoms with Gasteiger partial charge in [-0.15, -0.1) is 0 Å². The SMILES string of the molecule is CC/C=C\C/C=C\C/C=C\C/C=C\C/C=C\C/C=C\C/C=C\CCCCCCCCCCCC(=O)NC(COP(=O)([O-])OCC[N+](C)(C)C)C(O)/C=C/CC/C=C/CCCCCCCCCCCCCCCCCCCCCCCCCCCC. The van der Waals surface area contributed by atoms with E-state index in [1.807, 2.05) is 27.2 Å². The Kier molecular flexibility index (Phi) is 63.4. The number of hydrogen-bond acceptors (Lipinski definition) is 6. The normalized spacial score (nSPS) is 14.3. The van der Waals surface area contributed by atoms with Crippen molar-refractivity contribution in [3.63, 3.8) is 0 Å². The molecule has 0 heterocycles. The third-order valence-corrected chi connectivity index (χ3v) is 16.7. The van der Waals surface area contributed by atoms with Crippen molar-refractivity contribution in [2.24, 2.45) is 0 Å². The molecule has 0 aliphatic rings. The molecule has 492 valence electrons. The van der Waals surface area contributed by atoms with E-state index in [2.05, 4.69) is 116 Å². The molecule has 0 aromatic carbocycles. The van der Waals surface area contributed by atoms with E-state index < -0.39 is 26.6 Å². The van der Waals surface area contributed by atoms with Crippen molar-refractivity contribution in [3.8, 4) is 0 Å². The summed E-state index contributed by atoms with van der Waals surface area (Å²) in [6, 6.07) is -0.917. The summed E-state index contributed by atoms with van der Waals surface area (Å²) >= 11 is 0. The van der Waals surface area contributed by atoms with Gasteiger partial charge in [0.05, 0.1) is 39.9 Å². The summed E-state index contributed by atoms with van der Waals surface area (Å²) in [4.78, 5) is 25.6. The van der Waals surface area contributed by atoms with Crippen LogP contribution in [0.3, 0.4) is 0 Å². The monoisotopic (exact) mass is 1210 g/mol. The number of carbonyl (C=O) groups is 1. The molecule has 0 aromatic heterocycles. The number of rotatable bonds is 65. The highest BCUT2D eigenvalue weighted by molar-refractivity contribution is 7.45. The number of nitrogens with zero attached hydrogens (tertiary/aromatic N) is 1. The van der Waals surface area contributed by atoms with Crippen molar-refractivity contribution in [1.29, 1.82) is 0 Å². The number of likely N-dealkylation sites (N-methyl/N-ethyl adjacent to an activating group) is 1. The van der Waals surface area contributed by atoms with Crippen molar-refractivity contribution in [2.75, 3.05) is 40.9 Å². The molecule has 0 saturated carbocycles. The van der Waals surface area contributed by atoms with Gasteiger partial charge in [-0.2, -0.15) is 0 Å². The van der Waals surface area contributed by atoms with Gasteiger partial charge in [-0.05, 0) is 89.9 Å². The molecule has 0 aromatic rings. The molecule has 1 amide bonds.